The molecule has 0 radical (unpaired) electrons. The van der Waals surface area contributed by atoms with Gasteiger partial charge < -0.3 is 9.73 Å². The highest BCUT2D eigenvalue weighted by Crippen LogP contribution is 2.21. The molecule has 2 heterocycles. The van der Waals surface area contributed by atoms with Crippen LogP contribution in [0.4, 0.5) is 0 Å². The average molecular weight is 258 g/mol. The third kappa shape index (κ3) is 2.98. The second-order valence-corrected chi connectivity index (χ2v) is 5.51. The quantitative estimate of drug-likeness (QED) is 0.914. The topological polar surface area (TPSA) is 38.1 Å². The highest BCUT2D eigenvalue weighted by atomic mass is 16.3. The first-order valence-electron chi connectivity index (χ1n) is 7.44. The van der Waals surface area contributed by atoms with E-state index in [-0.39, 0.29) is 0 Å². The van der Waals surface area contributed by atoms with Crippen LogP contribution in [0.15, 0.2) is 22.6 Å². The molecule has 19 heavy (non-hydrogen) atoms. The molecule has 0 spiro atoms. The minimum Gasteiger partial charge on any atom is -0.441 e. The Labute approximate surface area is 114 Å². The van der Waals surface area contributed by atoms with Crippen LogP contribution in [0.25, 0.3) is 11.1 Å². The standard InChI is InChI=1S/C16H22N2O/c1-2-12-5-7-15-14(10-12)18-16(19-15)8-6-13-4-3-9-17-11-13/h5,7,10,13,17H,2-4,6,8-9,11H2,1H3. The Morgan fingerprint density at radius 2 is 2.37 bits per heavy atom. The molecule has 1 saturated heterocycles. The number of fused-ring (bicyclic) bond motifs is 1. The van der Waals surface area contributed by atoms with Gasteiger partial charge in [-0.3, -0.25) is 0 Å². The van der Waals surface area contributed by atoms with Crippen LogP contribution in [-0.2, 0) is 12.8 Å². The van der Waals surface area contributed by atoms with Gasteiger partial charge in [0.15, 0.2) is 11.5 Å². The minimum absolute atomic E-state index is 0.787. The Morgan fingerprint density at radius 3 is 3.16 bits per heavy atom. The summed E-state index contributed by atoms with van der Waals surface area (Å²) in [7, 11) is 0. The lowest BCUT2D eigenvalue weighted by Crippen LogP contribution is -2.29. The molecule has 1 atom stereocenters. The van der Waals surface area contributed by atoms with Crippen LogP contribution in [0.3, 0.4) is 0 Å². The molecule has 1 aliphatic rings. The van der Waals surface area contributed by atoms with E-state index in [4.69, 9.17) is 4.42 Å². The fourth-order valence-corrected chi connectivity index (χ4v) is 2.85. The number of piperidine rings is 1. The molecule has 0 saturated carbocycles. The summed E-state index contributed by atoms with van der Waals surface area (Å²) in [6, 6.07) is 6.32. The molecule has 0 amide bonds. The van der Waals surface area contributed by atoms with Gasteiger partial charge in [0.25, 0.3) is 0 Å². The molecule has 0 aliphatic carbocycles. The van der Waals surface area contributed by atoms with Crippen molar-refractivity contribution in [3.05, 3.63) is 29.7 Å². The van der Waals surface area contributed by atoms with Gasteiger partial charge in [0.2, 0.25) is 0 Å². The van der Waals surface area contributed by atoms with Crippen LogP contribution in [0.1, 0.15) is 37.6 Å². The molecule has 1 aromatic carbocycles. The van der Waals surface area contributed by atoms with E-state index in [1.807, 2.05) is 6.07 Å². The summed E-state index contributed by atoms with van der Waals surface area (Å²) in [5, 5.41) is 3.46. The Bertz CT molecular complexity index is 541. The minimum atomic E-state index is 0.787. The number of nitrogens with one attached hydrogen (secondary N) is 1. The summed E-state index contributed by atoms with van der Waals surface area (Å²) in [5.41, 5.74) is 3.26. The average Bonchev–Trinajstić information content (AvgIpc) is 2.88. The zero-order valence-electron chi connectivity index (χ0n) is 11.6. The highest BCUT2D eigenvalue weighted by Gasteiger charge is 2.14. The van der Waals surface area contributed by atoms with E-state index in [1.165, 1.54) is 31.4 Å². The number of aryl methyl sites for hydroxylation is 2. The van der Waals surface area contributed by atoms with Gasteiger partial charge in [-0.05, 0) is 62.4 Å². The first kappa shape index (κ1) is 12.7. The van der Waals surface area contributed by atoms with E-state index < -0.39 is 0 Å². The smallest absolute Gasteiger partial charge is 0.195 e. The van der Waals surface area contributed by atoms with E-state index in [0.717, 1.165) is 42.3 Å². The van der Waals surface area contributed by atoms with Gasteiger partial charge in [0.05, 0.1) is 0 Å². The maximum atomic E-state index is 5.83. The molecule has 1 fully saturated rings. The number of benzene rings is 1. The number of aromatic nitrogens is 1. The molecule has 102 valence electrons. The largest absolute Gasteiger partial charge is 0.441 e. The fraction of sp³-hybridized carbons (Fsp3) is 0.562. The van der Waals surface area contributed by atoms with E-state index in [1.54, 1.807) is 0 Å². The van der Waals surface area contributed by atoms with E-state index in [9.17, 15) is 0 Å². The molecule has 1 aromatic heterocycles. The third-order valence-corrected chi connectivity index (χ3v) is 4.07. The van der Waals surface area contributed by atoms with Gasteiger partial charge in [-0.15, -0.1) is 0 Å². The zero-order chi connectivity index (χ0) is 13.1. The maximum absolute atomic E-state index is 5.83. The monoisotopic (exact) mass is 258 g/mol. The summed E-state index contributed by atoms with van der Waals surface area (Å²) < 4.78 is 5.83. The van der Waals surface area contributed by atoms with Crippen molar-refractivity contribution in [2.75, 3.05) is 13.1 Å². The molecule has 1 aliphatic heterocycles. The number of hydrogen-bond acceptors (Lipinski definition) is 3. The predicted molar refractivity (Wildman–Crippen MR) is 77.3 cm³/mol. The van der Waals surface area contributed by atoms with Crippen molar-refractivity contribution < 1.29 is 4.42 Å². The van der Waals surface area contributed by atoms with Crippen LogP contribution in [0.5, 0.6) is 0 Å². The lowest BCUT2D eigenvalue weighted by atomic mass is 9.95. The number of nitrogens with zero attached hydrogens (tertiary/aromatic N) is 1. The van der Waals surface area contributed by atoms with Crippen molar-refractivity contribution in [1.29, 1.82) is 0 Å². The number of hydrogen-bond donors (Lipinski definition) is 1. The zero-order valence-corrected chi connectivity index (χ0v) is 11.6. The lowest BCUT2D eigenvalue weighted by molar-refractivity contribution is 0.347. The van der Waals surface area contributed by atoms with Crippen LogP contribution in [0.2, 0.25) is 0 Å². The van der Waals surface area contributed by atoms with Crippen molar-refractivity contribution in [1.82, 2.24) is 10.3 Å². The predicted octanol–water partition coefficient (Wildman–Crippen LogP) is 3.32. The molecule has 2 aromatic rings. The second-order valence-electron chi connectivity index (χ2n) is 5.51. The molecule has 0 bridgehead atoms. The first-order valence-corrected chi connectivity index (χ1v) is 7.44. The first-order chi connectivity index (χ1) is 9.35. The van der Waals surface area contributed by atoms with Crippen LogP contribution in [0, 0.1) is 5.92 Å². The van der Waals surface area contributed by atoms with Crippen molar-refractivity contribution in [3.8, 4) is 0 Å². The van der Waals surface area contributed by atoms with Crippen LogP contribution < -0.4 is 5.32 Å². The normalized spacial score (nSPS) is 19.9. The highest BCUT2D eigenvalue weighted by molar-refractivity contribution is 5.73. The molecular weight excluding hydrogens is 236 g/mol. The molecule has 3 heteroatoms. The van der Waals surface area contributed by atoms with Gasteiger partial charge in [-0.2, -0.15) is 0 Å². The Morgan fingerprint density at radius 1 is 1.42 bits per heavy atom. The van der Waals surface area contributed by atoms with Crippen LogP contribution in [-0.4, -0.2) is 18.1 Å². The molecule has 3 rings (SSSR count). The molecular formula is C16H22N2O. The van der Waals surface area contributed by atoms with Gasteiger partial charge in [-0.25, -0.2) is 4.98 Å². The molecule has 1 unspecified atom stereocenters. The second kappa shape index (κ2) is 5.74. The lowest BCUT2D eigenvalue weighted by Gasteiger charge is -2.21. The SMILES string of the molecule is CCc1ccc2oc(CCC3CCCNC3)nc2c1. The van der Waals surface area contributed by atoms with E-state index >= 15 is 0 Å². The Balaban J connectivity index is 1.67. The van der Waals surface area contributed by atoms with Gasteiger partial charge >= 0.3 is 0 Å². The third-order valence-electron chi connectivity index (χ3n) is 4.07. The molecule has 1 N–H and O–H groups in total. The summed E-state index contributed by atoms with van der Waals surface area (Å²) in [4.78, 5) is 4.62. The van der Waals surface area contributed by atoms with Crippen LogP contribution >= 0.6 is 0 Å². The maximum Gasteiger partial charge on any atom is 0.195 e. The van der Waals surface area contributed by atoms with E-state index in [2.05, 4.69) is 29.4 Å². The number of rotatable bonds is 4. The van der Waals surface area contributed by atoms with Gasteiger partial charge in [0.1, 0.15) is 5.52 Å². The van der Waals surface area contributed by atoms with Gasteiger partial charge in [0, 0.05) is 6.42 Å². The summed E-state index contributed by atoms with van der Waals surface area (Å²) in [6.07, 6.45) is 5.83. The Kier molecular flexibility index (Phi) is 3.83. The van der Waals surface area contributed by atoms with E-state index in [0.29, 0.717) is 0 Å². The Hall–Kier alpha value is -1.35. The van der Waals surface area contributed by atoms with Crippen molar-refractivity contribution in [3.63, 3.8) is 0 Å². The van der Waals surface area contributed by atoms with Crippen molar-refractivity contribution in [2.45, 2.75) is 39.0 Å². The fourth-order valence-electron chi connectivity index (χ4n) is 2.85. The summed E-state index contributed by atoms with van der Waals surface area (Å²) in [5.74, 6) is 1.68. The number of oxazole rings is 1. The summed E-state index contributed by atoms with van der Waals surface area (Å²) >= 11 is 0. The summed E-state index contributed by atoms with van der Waals surface area (Å²) in [6.45, 7) is 4.50. The van der Waals surface area contributed by atoms with Gasteiger partial charge in [-0.1, -0.05) is 13.0 Å². The molecule has 3 nitrogen and oxygen atoms in total. The van der Waals surface area contributed by atoms with Crippen molar-refractivity contribution >= 4 is 11.1 Å². The van der Waals surface area contributed by atoms with Crippen molar-refractivity contribution in [2.24, 2.45) is 5.92 Å².